The molecule has 0 aliphatic heterocycles. The molecule has 0 spiro atoms. The number of aryl methyl sites for hydroxylation is 2. The van der Waals surface area contributed by atoms with Gasteiger partial charge in [-0.05, 0) is 36.5 Å². The van der Waals surface area contributed by atoms with Crippen molar-refractivity contribution >= 4 is 22.4 Å². The maximum atomic E-state index is 13.3. The van der Waals surface area contributed by atoms with Crippen LogP contribution in [0.25, 0.3) is 10.8 Å². The molecule has 0 radical (unpaired) electrons. The minimum atomic E-state index is -0.287. The molecule has 3 rings (SSSR count). The zero-order valence-electron chi connectivity index (χ0n) is 18.4. The molecule has 5 heteroatoms. The highest BCUT2D eigenvalue weighted by molar-refractivity contribution is 6.11. The number of carbonyl (C=O) groups excluding carboxylic acids is 1. The number of hydrogen-bond acceptors (Lipinski definition) is 3. The van der Waals surface area contributed by atoms with Crippen molar-refractivity contribution in [3.05, 3.63) is 69.6 Å². The molecule has 0 aliphatic carbocycles. The number of amides is 1. The Morgan fingerprint density at radius 2 is 1.77 bits per heavy atom. The molecule has 1 N–H and O–H groups in total. The van der Waals surface area contributed by atoms with Crippen LogP contribution in [0.15, 0.2) is 47.3 Å². The summed E-state index contributed by atoms with van der Waals surface area (Å²) in [5.41, 5.74) is 3.06. The molecule has 1 aromatic heterocycles. The molecule has 0 saturated carbocycles. The number of anilines is 1. The zero-order chi connectivity index (χ0) is 21.7. The van der Waals surface area contributed by atoms with Gasteiger partial charge in [0.05, 0.1) is 5.39 Å². The van der Waals surface area contributed by atoms with Crippen LogP contribution in [0.5, 0.6) is 0 Å². The van der Waals surface area contributed by atoms with E-state index in [1.165, 1.54) is 4.68 Å². The fourth-order valence-corrected chi connectivity index (χ4v) is 3.76. The first-order valence-electron chi connectivity index (χ1n) is 10.8. The first kappa shape index (κ1) is 21.8. The molecular weight excluding hydrogens is 374 g/mol. The highest BCUT2D eigenvalue weighted by Crippen LogP contribution is 2.28. The van der Waals surface area contributed by atoms with E-state index in [1.807, 2.05) is 37.3 Å². The number of para-hydroxylation sites is 1. The Kier molecular flexibility index (Phi) is 7.03. The van der Waals surface area contributed by atoms with Gasteiger partial charge in [-0.15, -0.1) is 0 Å². The molecular formula is C25H31N3O2. The Balaban J connectivity index is 2.02. The summed E-state index contributed by atoms with van der Waals surface area (Å²) in [5.74, 6) is -0.0119. The summed E-state index contributed by atoms with van der Waals surface area (Å²) < 4.78 is 1.45. The molecule has 0 fully saturated rings. The molecule has 2 aromatic carbocycles. The van der Waals surface area contributed by atoms with Crippen LogP contribution in [-0.2, 0) is 6.54 Å². The summed E-state index contributed by atoms with van der Waals surface area (Å²) in [6, 6.07) is 13.2. The summed E-state index contributed by atoms with van der Waals surface area (Å²) in [6.07, 6.45) is 4.17. The maximum Gasteiger partial charge on any atom is 0.276 e. The monoisotopic (exact) mass is 405 g/mol. The molecule has 1 heterocycles. The van der Waals surface area contributed by atoms with Crippen molar-refractivity contribution in [1.29, 1.82) is 0 Å². The average Bonchev–Trinajstić information content (AvgIpc) is 2.74. The van der Waals surface area contributed by atoms with Crippen molar-refractivity contribution < 1.29 is 4.79 Å². The molecule has 0 unspecified atom stereocenters. The lowest BCUT2D eigenvalue weighted by Gasteiger charge is -2.17. The summed E-state index contributed by atoms with van der Waals surface area (Å²) in [7, 11) is 0. The topological polar surface area (TPSA) is 64.0 Å². The number of carbonyl (C=O) groups is 1. The molecule has 158 valence electrons. The fraction of sp³-hybridized carbons (Fsp3) is 0.400. The van der Waals surface area contributed by atoms with Crippen molar-refractivity contribution in [2.45, 2.75) is 65.8 Å². The van der Waals surface area contributed by atoms with Crippen molar-refractivity contribution in [2.24, 2.45) is 0 Å². The van der Waals surface area contributed by atoms with E-state index in [0.717, 1.165) is 42.5 Å². The molecule has 5 nitrogen and oxygen atoms in total. The van der Waals surface area contributed by atoms with Crippen molar-refractivity contribution in [2.75, 3.05) is 5.32 Å². The van der Waals surface area contributed by atoms with Gasteiger partial charge in [0, 0.05) is 17.6 Å². The van der Waals surface area contributed by atoms with E-state index >= 15 is 0 Å². The van der Waals surface area contributed by atoms with Gasteiger partial charge < -0.3 is 5.32 Å². The Morgan fingerprint density at radius 1 is 1.03 bits per heavy atom. The SMILES string of the molecule is CCCCCCn1nc(C(=O)Nc2c(C)cccc2C(C)C)c2ccccc2c1=O. The van der Waals surface area contributed by atoms with Crippen LogP contribution in [0.3, 0.4) is 0 Å². The lowest BCUT2D eigenvalue weighted by Crippen LogP contribution is -2.28. The van der Waals surface area contributed by atoms with E-state index in [2.05, 4.69) is 31.2 Å². The van der Waals surface area contributed by atoms with E-state index in [9.17, 15) is 9.59 Å². The van der Waals surface area contributed by atoms with Gasteiger partial charge >= 0.3 is 0 Å². The highest BCUT2D eigenvalue weighted by Gasteiger charge is 2.19. The molecule has 0 bridgehead atoms. The van der Waals surface area contributed by atoms with E-state index in [0.29, 0.717) is 23.0 Å². The normalized spacial score (nSPS) is 11.2. The largest absolute Gasteiger partial charge is 0.320 e. The van der Waals surface area contributed by atoms with Crippen LogP contribution in [0.4, 0.5) is 5.69 Å². The maximum absolute atomic E-state index is 13.3. The second-order valence-electron chi connectivity index (χ2n) is 8.13. The number of nitrogens with zero attached hydrogens (tertiary/aromatic N) is 2. The lowest BCUT2D eigenvalue weighted by molar-refractivity contribution is 0.102. The molecule has 1 amide bonds. The predicted octanol–water partition coefficient (Wildman–Crippen LogP) is 5.66. The average molecular weight is 406 g/mol. The summed E-state index contributed by atoms with van der Waals surface area (Å²) in [4.78, 5) is 26.2. The minimum absolute atomic E-state index is 0.141. The summed E-state index contributed by atoms with van der Waals surface area (Å²) >= 11 is 0. The smallest absolute Gasteiger partial charge is 0.276 e. The van der Waals surface area contributed by atoms with Crippen LogP contribution in [0.1, 0.15) is 74.0 Å². The first-order valence-corrected chi connectivity index (χ1v) is 10.8. The van der Waals surface area contributed by atoms with Gasteiger partial charge in [-0.3, -0.25) is 9.59 Å². The van der Waals surface area contributed by atoms with Crippen LogP contribution in [0.2, 0.25) is 0 Å². The first-order chi connectivity index (χ1) is 14.4. The number of aromatic nitrogens is 2. The van der Waals surface area contributed by atoms with Crippen molar-refractivity contribution in [1.82, 2.24) is 9.78 Å². The molecule has 30 heavy (non-hydrogen) atoms. The standard InChI is InChI=1S/C25H31N3O2/c1-5-6-7-10-16-28-25(30)21-14-9-8-13-20(21)23(27-28)24(29)26-22-18(4)12-11-15-19(22)17(2)3/h8-9,11-15,17H,5-7,10,16H2,1-4H3,(H,26,29). The van der Waals surface area contributed by atoms with E-state index in [1.54, 1.807) is 12.1 Å². The van der Waals surface area contributed by atoms with Gasteiger partial charge in [-0.2, -0.15) is 5.10 Å². The third kappa shape index (κ3) is 4.61. The van der Waals surface area contributed by atoms with E-state index in [-0.39, 0.29) is 17.4 Å². The van der Waals surface area contributed by atoms with E-state index < -0.39 is 0 Å². The third-order valence-electron chi connectivity index (χ3n) is 5.47. The summed E-state index contributed by atoms with van der Waals surface area (Å²) in [5, 5.41) is 8.68. The van der Waals surface area contributed by atoms with Gasteiger partial charge in [0.1, 0.15) is 0 Å². The fourth-order valence-electron chi connectivity index (χ4n) is 3.76. The number of rotatable bonds is 8. The second kappa shape index (κ2) is 9.70. The number of benzene rings is 2. The van der Waals surface area contributed by atoms with Gasteiger partial charge in [0.15, 0.2) is 5.69 Å². The number of unbranched alkanes of at least 4 members (excludes halogenated alkanes) is 3. The van der Waals surface area contributed by atoms with Crippen LogP contribution < -0.4 is 10.9 Å². The quantitative estimate of drug-likeness (QED) is 0.492. The number of nitrogens with one attached hydrogen (secondary N) is 1. The Hall–Kier alpha value is -2.95. The van der Waals surface area contributed by atoms with Gasteiger partial charge in [0.2, 0.25) is 0 Å². The Bertz CT molecular complexity index is 1100. The third-order valence-corrected chi connectivity index (χ3v) is 5.47. The van der Waals surface area contributed by atoms with Crippen molar-refractivity contribution in [3.63, 3.8) is 0 Å². The van der Waals surface area contributed by atoms with Gasteiger partial charge in [-0.25, -0.2) is 4.68 Å². The van der Waals surface area contributed by atoms with E-state index in [4.69, 9.17) is 0 Å². The van der Waals surface area contributed by atoms with Crippen molar-refractivity contribution in [3.8, 4) is 0 Å². The molecule has 3 aromatic rings. The second-order valence-corrected chi connectivity index (χ2v) is 8.13. The highest BCUT2D eigenvalue weighted by atomic mass is 16.2. The predicted molar refractivity (Wildman–Crippen MR) is 123 cm³/mol. The zero-order valence-corrected chi connectivity index (χ0v) is 18.4. The van der Waals surface area contributed by atoms with Gasteiger partial charge in [0.25, 0.3) is 11.5 Å². The number of fused-ring (bicyclic) bond motifs is 1. The minimum Gasteiger partial charge on any atom is -0.320 e. The Labute approximate surface area is 178 Å². The van der Waals surface area contributed by atoms with Crippen LogP contribution in [0, 0.1) is 6.92 Å². The molecule has 0 saturated heterocycles. The van der Waals surface area contributed by atoms with Crippen LogP contribution in [-0.4, -0.2) is 15.7 Å². The molecule has 0 aliphatic rings. The summed E-state index contributed by atoms with van der Waals surface area (Å²) in [6.45, 7) is 8.87. The van der Waals surface area contributed by atoms with Gasteiger partial charge in [-0.1, -0.05) is 76.4 Å². The Morgan fingerprint density at radius 3 is 2.47 bits per heavy atom. The van der Waals surface area contributed by atoms with Crippen LogP contribution >= 0.6 is 0 Å². The molecule has 0 atom stereocenters. The number of hydrogen-bond donors (Lipinski definition) is 1. The lowest BCUT2D eigenvalue weighted by atomic mass is 9.98.